The fraction of sp³-hybridized carbons (Fsp3) is 0.167. The number of nitrogens with zero attached hydrogens (tertiary/aromatic N) is 2. The van der Waals surface area contributed by atoms with E-state index in [0.29, 0.717) is 34.1 Å². The molecule has 2 atom stereocenters. The zero-order valence-corrected chi connectivity index (χ0v) is 23.3. The third kappa shape index (κ3) is 6.74. The number of hydroxylamine groups is 4. The highest BCUT2D eigenvalue weighted by Gasteiger charge is 2.37. The standard InChI is InChI=1S/C36H34N2O4/c39-35(25-31(27-15-5-1-6-16-27)28-17-7-2-8-18-28)37(41)33-23-13-14-24-34(33)38(42)36(40)26-32(29-19-9-3-10-20-29)30-21-11-4-12-22-30/h1-12,15-22,25-26,33-34,41-42H,13-14,23-24H2/t33-,34-/m1/s1. The first-order chi connectivity index (χ1) is 20.5. The quantitative estimate of drug-likeness (QED) is 0.139. The number of amides is 2. The molecular weight excluding hydrogens is 524 g/mol. The van der Waals surface area contributed by atoms with Crippen LogP contribution in [0.1, 0.15) is 47.9 Å². The Hall–Kier alpha value is -4.78. The zero-order valence-electron chi connectivity index (χ0n) is 23.3. The SMILES string of the molecule is O=C(C=C(c1ccccc1)c1ccccc1)N(O)[C@@H]1CCCC[C@H]1N(O)C(=O)C=C(c1ccccc1)c1ccccc1. The van der Waals surface area contributed by atoms with E-state index in [1.54, 1.807) is 0 Å². The van der Waals surface area contributed by atoms with Gasteiger partial charge in [-0.3, -0.25) is 20.0 Å². The van der Waals surface area contributed by atoms with Crippen molar-refractivity contribution in [2.75, 3.05) is 0 Å². The Morgan fingerprint density at radius 1 is 0.500 bits per heavy atom. The maximum absolute atomic E-state index is 13.5. The van der Waals surface area contributed by atoms with Gasteiger partial charge in [-0.15, -0.1) is 0 Å². The third-order valence-corrected chi connectivity index (χ3v) is 7.65. The Morgan fingerprint density at radius 3 is 1.02 bits per heavy atom. The monoisotopic (exact) mass is 558 g/mol. The van der Waals surface area contributed by atoms with E-state index in [1.165, 1.54) is 12.2 Å². The van der Waals surface area contributed by atoms with E-state index < -0.39 is 23.9 Å². The molecular formula is C36H34N2O4. The average Bonchev–Trinajstić information content (AvgIpc) is 3.06. The van der Waals surface area contributed by atoms with Crippen LogP contribution in [-0.4, -0.2) is 44.4 Å². The Labute approximate surface area is 246 Å². The molecule has 42 heavy (non-hydrogen) atoms. The van der Waals surface area contributed by atoms with Gasteiger partial charge < -0.3 is 0 Å². The minimum Gasteiger partial charge on any atom is -0.285 e. The van der Waals surface area contributed by atoms with E-state index in [1.807, 2.05) is 121 Å². The van der Waals surface area contributed by atoms with Crippen molar-refractivity contribution in [2.45, 2.75) is 37.8 Å². The van der Waals surface area contributed by atoms with Crippen LogP contribution in [0.4, 0.5) is 0 Å². The van der Waals surface area contributed by atoms with Gasteiger partial charge in [0.25, 0.3) is 11.8 Å². The van der Waals surface area contributed by atoms with Gasteiger partial charge in [0.1, 0.15) is 0 Å². The number of rotatable bonds is 8. The fourth-order valence-corrected chi connectivity index (χ4v) is 5.51. The van der Waals surface area contributed by atoms with Crippen molar-refractivity contribution in [1.29, 1.82) is 0 Å². The van der Waals surface area contributed by atoms with Gasteiger partial charge in [0.2, 0.25) is 0 Å². The van der Waals surface area contributed by atoms with Gasteiger partial charge in [0, 0.05) is 12.2 Å². The molecule has 0 spiro atoms. The molecule has 6 nitrogen and oxygen atoms in total. The van der Waals surface area contributed by atoms with Crippen LogP contribution >= 0.6 is 0 Å². The van der Waals surface area contributed by atoms with Gasteiger partial charge in [0.15, 0.2) is 0 Å². The number of carbonyl (C=O) groups excluding carboxylic acids is 2. The molecule has 0 saturated heterocycles. The molecule has 0 unspecified atom stereocenters. The molecule has 1 fully saturated rings. The van der Waals surface area contributed by atoms with Crippen LogP contribution < -0.4 is 0 Å². The molecule has 6 heteroatoms. The second-order valence-corrected chi connectivity index (χ2v) is 10.4. The van der Waals surface area contributed by atoms with Gasteiger partial charge >= 0.3 is 0 Å². The average molecular weight is 559 g/mol. The van der Waals surface area contributed by atoms with Crippen molar-refractivity contribution in [3.8, 4) is 0 Å². The maximum atomic E-state index is 13.5. The summed E-state index contributed by atoms with van der Waals surface area (Å²) in [6.45, 7) is 0. The van der Waals surface area contributed by atoms with Crippen LogP contribution in [0.25, 0.3) is 11.1 Å². The first-order valence-corrected chi connectivity index (χ1v) is 14.2. The topological polar surface area (TPSA) is 81.1 Å². The van der Waals surface area contributed by atoms with Crippen molar-refractivity contribution < 1.29 is 20.0 Å². The number of benzene rings is 4. The van der Waals surface area contributed by atoms with Crippen LogP contribution in [0.3, 0.4) is 0 Å². The van der Waals surface area contributed by atoms with Crippen molar-refractivity contribution in [1.82, 2.24) is 10.1 Å². The van der Waals surface area contributed by atoms with Crippen LogP contribution in [0.2, 0.25) is 0 Å². The largest absolute Gasteiger partial charge is 0.285 e. The predicted molar refractivity (Wildman–Crippen MR) is 163 cm³/mol. The molecule has 0 aromatic heterocycles. The first-order valence-electron chi connectivity index (χ1n) is 14.2. The van der Waals surface area contributed by atoms with Gasteiger partial charge in [-0.05, 0) is 46.2 Å². The lowest BCUT2D eigenvalue weighted by atomic mass is 9.89. The van der Waals surface area contributed by atoms with Crippen molar-refractivity contribution >= 4 is 23.0 Å². The zero-order chi connectivity index (χ0) is 29.3. The lowest BCUT2D eigenvalue weighted by molar-refractivity contribution is -0.207. The van der Waals surface area contributed by atoms with Crippen molar-refractivity contribution in [3.05, 3.63) is 156 Å². The molecule has 1 aliphatic rings. The summed E-state index contributed by atoms with van der Waals surface area (Å²) in [6, 6.07) is 36.5. The molecule has 2 N–H and O–H groups in total. The molecule has 0 bridgehead atoms. The summed E-state index contributed by atoms with van der Waals surface area (Å²) in [4.78, 5) is 27.0. The number of hydrogen-bond acceptors (Lipinski definition) is 4. The minimum atomic E-state index is -0.769. The molecule has 0 heterocycles. The molecule has 0 radical (unpaired) electrons. The van der Waals surface area contributed by atoms with Gasteiger partial charge in [0.05, 0.1) is 12.1 Å². The molecule has 2 amide bonds. The normalized spacial score (nSPS) is 16.1. The first kappa shape index (κ1) is 28.7. The molecule has 4 aromatic rings. The van der Waals surface area contributed by atoms with Crippen LogP contribution in [0.15, 0.2) is 133 Å². The maximum Gasteiger partial charge on any atom is 0.270 e. The third-order valence-electron chi connectivity index (χ3n) is 7.65. The Kier molecular flexibility index (Phi) is 9.39. The number of hydrogen-bond donors (Lipinski definition) is 2. The van der Waals surface area contributed by atoms with Gasteiger partial charge in [-0.1, -0.05) is 134 Å². The van der Waals surface area contributed by atoms with E-state index in [9.17, 15) is 20.0 Å². The number of carbonyl (C=O) groups is 2. The molecule has 1 aliphatic carbocycles. The molecule has 0 aliphatic heterocycles. The second kappa shape index (κ2) is 13.7. The summed E-state index contributed by atoms with van der Waals surface area (Å²) in [5.74, 6) is -1.22. The summed E-state index contributed by atoms with van der Waals surface area (Å²) in [5, 5.41) is 23.8. The van der Waals surface area contributed by atoms with E-state index >= 15 is 0 Å². The van der Waals surface area contributed by atoms with Crippen LogP contribution in [-0.2, 0) is 9.59 Å². The van der Waals surface area contributed by atoms with E-state index in [2.05, 4.69) is 0 Å². The lowest BCUT2D eigenvalue weighted by Gasteiger charge is -2.39. The van der Waals surface area contributed by atoms with Crippen LogP contribution in [0.5, 0.6) is 0 Å². The molecule has 1 saturated carbocycles. The highest BCUT2D eigenvalue weighted by atomic mass is 16.5. The fourth-order valence-electron chi connectivity index (χ4n) is 5.51. The smallest absolute Gasteiger partial charge is 0.270 e. The van der Waals surface area contributed by atoms with E-state index in [0.717, 1.165) is 35.1 Å². The lowest BCUT2D eigenvalue weighted by Crippen LogP contribution is -2.54. The van der Waals surface area contributed by atoms with Crippen molar-refractivity contribution in [3.63, 3.8) is 0 Å². The molecule has 5 rings (SSSR count). The highest BCUT2D eigenvalue weighted by Crippen LogP contribution is 2.29. The second-order valence-electron chi connectivity index (χ2n) is 10.4. The Morgan fingerprint density at radius 2 is 0.762 bits per heavy atom. The summed E-state index contributed by atoms with van der Waals surface area (Å²) in [7, 11) is 0. The Bertz CT molecular complexity index is 1330. The summed E-state index contributed by atoms with van der Waals surface area (Å²) in [5.41, 5.74) is 4.69. The Balaban J connectivity index is 1.42. The summed E-state index contributed by atoms with van der Waals surface area (Å²) in [6.07, 6.45) is 5.26. The molecule has 4 aromatic carbocycles. The summed E-state index contributed by atoms with van der Waals surface area (Å²) < 4.78 is 0. The van der Waals surface area contributed by atoms with E-state index in [-0.39, 0.29) is 0 Å². The highest BCUT2D eigenvalue weighted by molar-refractivity contribution is 6.00. The molecule has 212 valence electrons. The van der Waals surface area contributed by atoms with Gasteiger partial charge in [-0.25, -0.2) is 10.1 Å². The van der Waals surface area contributed by atoms with E-state index in [4.69, 9.17) is 0 Å². The summed E-state index contributed by atoms with van der Waals surface area (Å²) >= 11 is 0. The van der Waals surface area contributed by atoms with Gasteiger partial charge in [-0.2, -0.15) is 0 Å². The predicted octanol–water partition coefficient (Wildman–Crippen LogP) is 7.00. The van der Waals surface area contributed by atoms with Crippen LogP contribution in [0, 0.1) is 0 Å². The minimum absolute atomic E-state index is 0.449. The van der Waals surface area contributed by atoms with Crippen molar-refractivity contribution in [2.24, 2.45) is 0 Å².